The van der Waals surface area contributed by atoms with Crippen molar-refractivity contribution in [2.75, 3.05) is 38.2 Å². The molecule has 1 fully saturated rings. The zero-order chi connectivity index (χ0) is 66.7. The number of carbonyl (C=O) groups is 8. The first-order chi connectivity index (χ1) is 42.8. The van der Waals surface area contributed by atoms with Crippen molar-refractivity contribution in [1.29, 1.82) is 0 Å². The van der Waals surface area contributed by atoms with E-state index in [9.17, 15) is 25.3 Å². The second-order valence-corrected chi connectivity index (χ2v) is 21.5. The van der Waals surface area contributed by atoms with E-state index >= 15 is 14.4 Å². The van der Waals surface area contributed by atoms with Gasteiger partial charge in [-0.1, -0.05) is 153 Å². The van der Waals surface area contributed by atoms with Gasteiger partial charge in [0.15, 0.2) is 0 Å². The largest absolute Gasteiger partial charge is 0.460 e. The van der Waals surface area contributed by atoms with Crippen LogP contribution in [-0.4, -0.2) is 120 Å². The van der Waals surface area contributed by atoms with Crippen LogP contribution in [0.2, 0.25) is 0 Å². The number of benzene rings is 5. The van der Waals surface area contributed by atoms with Gasteiger partial charge in [-0.3, -0.25) is 33.6 Å². The maximum Gasteiger partial charge on any atom is 0.407 e. The van der Waals surface area contributed by atoms with Crippen LogP contribution in [0, 0.1) is 5.89 Å². The maximum atomic E-state index is 15.3. The fourth-order valence-corrected chi connectivity index (χ4v) is 10.9. The molecule has 6 N–H and O–H groups in total. The van der Waals surface area contributed by atoms with Crippen LogP contribution in [0.5, 0.6) is 0 Å². The molecule has 4 unspecified atom stereocenters. The van der Waals surface area contributed by atoms with Crippen molar-refractivity contribution >= 4 is 59.3 Å². The van der Waals surface area contributed by atoms with E-state index < -0.39 is 128 Å². The lowest BCUT2D eigenvalue weighted by Crippen LogP contribution is -2.59. The topological polar surface area (TPSA) is 230 Å². The number of thioether (sulfide) groups is 1. The van der Waals surface area contributed by atoms with Crippen molar-refractivity contribution in [2.45, 2.75) is 114 Å². The van der Waals surface area contributed by atoms with E-state index in [1.54, 1.807) is 57.2 Å². The molecule has 0 aromatic heterocycles. The summed E-state index contributed by atoms with van der Waals surface area (Å²) in [5.74, 6) is -12.5. The summed E-state index contributed by atoms with van der Waals surface area (Å²) in [4.78, 5) is 115. The van der Waals surface area contributed by atoms with E-state index in [0.717, 1.165) is 38.9 Å². The number of alkyl carbamates (subject to hydrolysis) is 1. The van der Waals surface area contributed by atoms with Crippen molar-refractivity contribution in [2.24, 2.45) is 5.89 Å². The third-order valence-electron chi connectivity index (χ3n) is 13.5. The van der Waals surface area contributed by atoms with Crippen LogP contribution in [0.3, 0.4) is 0 Å². The number of likely N-dealkylation sites (N-methyl/N-ethyl adjacent to an activating group) is 1. The lowest BCUT2D eigenvalue weighted by Gasteiger charge is -2.37. The molecule has 5 aromatic carbocycles. The average molecular weight is 1130 g/mol. The van der Waals surface area contributed by atoms with E-state index in [1.807, 2.05) is 114 Å². The summed E-state index contributed by atoms with van der Waals surface area (Å²) in [5.41, 5.74) is 3.33. The van der Waals surface area contributed by atoms with Crippen molar-refractivity contribution in [3.63, 3.8) is 0 Å². The molecule has 0 saturated carbocycles. The molecule has 4 atom stereocenters. The maximum absolute atomic E-state index is 15.3. The Morgan fingerprint density at radius 1 is 0.728 bits per heavy atom. The number of esters is 1. The van der Waals surface area contributed by atoms with E-state index in [0.29, 0.717) is 16.7 Å². The van der Waals surface area contributed by atoms with Gasteiger partial charge in [-0.25, -0.2) is 4.79 Å². The number of hydrogen-bond acceptors (Lipinski definition) is 11. The van der Waals surface area contributed by atoms with Gasteiger partial charge >= 0.3 is 12.1 Å². The third-order valence-corrected chi connectivity index (χ3v) is 14.7. The Morgan fingerprint density at radius 3 is 1.85 bits per heavy atom. The predicted molar refractivity (Wildman–Crippen MR) is 311 cm³/mol. The molecule has 81 heavy (non-hydrogen) atoms. The average Bonchev–Trinajstić information content (AvgIpc) is 1.59. The second-order valence-electron chi connectivity index (χ2n) is 20.4. The van der Waals surface area contributed by atoms with Crippen LogP contribution >= 0.6 is 11.8 Å². The molecule has 17 nitrogen and oxygen atoms in total. The van der Waals surface area contributed by atoms with E-state index in [1.165, 1.54) is 7.05 Å². The van der Waals surface area contributed by atoms with Crippen molar-refractivity contribution in [3.05, 3.63) is 167 Å². The van der Waals surface area contributed by atoms with Crippen molar-refractivity contribution in [3.8, 4) is 11.1 Å². The number of hydrogen-bond donors (Lipinski definition) is 6. The zero-order valence-corrected chi connectivity index (χ0v) is 46.4. The molecule has 1 heterocycles. The minimum atomic E-state index is -4.34. The Hall–Kier alpha value is -7.99. The van der Waals surface area contributed by atoms with Gasteiger partial charge in [0.05, 0.1) is 14.3 Å². The Morgan fingerprint density at radius 2 is 1.30 bits per heavy atom. The van der Waals surface area contributed by atoms with Gasteiger partial charge in [0.1, 0.15) is 41.9 Å². The Bertz CT molecular complexity index is 3280. The van der Waals surface area contributed by atoms with Gasteiger partial charge in [-0.05, 0) is 97.0 Å². The zero-order valence-electron chi connectivity index (χ0n) is 55.6. The SMILES string of the molecule is [2H]C([2H])([2H])C([2H])(C([2H])([2H])[2H])C([2H])([2H])C([2H])(NC(=O)C1CCCN1C(=O)C(CSCCCC(=O)OC(C)(C)C)NC(=O)C(CC(=O)NC(c1ccccc1)(c1ccccc1)c1ccccc1)NC(=O)OCC1c2ccccc2-c2ccccc21)C(=O)NCC(=O)NC. The summed E-state index contributed by atoms with van der Waals surface area (Å²) < 4.78 is 95.5. The molecule has 7 rings (SSSR count). The van der Waals surface area contributed by atoms with E-state index in [2.05, 4.69) is 21.3 Å². The quantitative estimate of drug-likeness (QED) is 0.0196. The van der Waals surface area contributed by atoms with Crippen molar-refractivity contribution < 1.29 is 61.5 Å². The summed E-state index contributed by atoms with van der Waals surface area (Å²) >= 11 is 1.09. The Balaban J connectivity index is 1.24. The van der Waals surface area contributed by atoms with Crippen LogP contribution in [-0.2, 0) is 48.6 Å². The van der Waals surface area contributed by atoms with Gasteiger partial charge in [0, 0.05) is 44.0 Å². The number of rotatable bonds is 25. The summed E-state index contributed by atoms with van der Waals surface area (Å²) in [6, 6.07) is 33.2. The minimum Gasteiger partial charge on any atom is -0.460 e. The predicted octanol–water partition coefficient (Wildman–Crippen LogP) is 7.12. The summed E-state index contributed by atoms with van der Waals surface area (Å²) in [6.07, 6.45) is -6.28. The number of carbonyl (C=O) groups excluding carboxylic acids is 8. The molecule has 1 aliphatic heterocycles. The first-order valence-electron chi connectivity index (χ1n) is 31.6. The lowest BCUT2D eigenvalue weighted by molar-refractivity contribution is -0.154. The number of likely N-dealkylation sites (tertiary alicyclic amines) is 1. The first kappa shape index (κ1) is 47.8. The molecule has 18 heteroatoms. The molecule has 7 amide bonds. The molecular weight excluding hydrogens is 1050 g/mol. The minimum absolute atomic E-state index is 0.0271. The van der Waals surface area contributed by atoms with E-state index in [4.69, 9.17) is 21.8 Å². The highest BCUT2D eigenvalue weighted by Gasteiger charge is 2.42. The molecule has 0 bridgehead atoms. The molecule has 0 spiro atoms. The van der Waals surface area contributed by atoms with Gasteiger partial charge in [-0.2, -0.15) is 11.8 Å². The molecule has 1 aliphatic carbocycles. The second kappa shape index (κ2) is 28.4. The smallest absolute Gasteiger partial charge is 0.407 e. The number of fused-ring (bicyclic) bond motifs is 3. The molecule has 2 aliphatic rings. The van der Waals surface area contributed by atoms with Gasteiger partial charge in [0.2, 0.25) is 35.4 Å². The van der Waals surface area contributed by atoms with Crippen LogP contribution in [0.15, 0.2) is 140 Å². The Kier molecular flexibility index (Phi) is 16.8. The summed E-state index contributed by atoms with van der Waals surface area (Å²) in [7, 11) is 1.17. The molecule has 1 saturated heterocycles. The first-order valence-corrected chi connectivity index (χ1v) is 27.8. The number of nitrogens with zero attached hydrogens (tertiary/aromatic N) is 1. The van der Waals surface area contributed by atoms with Gasteiger partial charge in [0.25, 0.3) is 0 Å². The Labute approximate surface area is 492 Å². The normalized spacial score (nSPS) is 17.8. The lowest BCUT2D eigenvalue weighted by atomic mass is 9.77. The summed E-state index contributed by atoms with van der Waals surface area (Å²) in [6.45, 7) is -4.53. The number of amides is 7. The van der Waals surface area contributed by atoms with Gasteiger partial charge in [-0.15, -0.1) is 0 Å². The van der Waals surface area contributed by atoms with Crippen LogP contribution < -0.4 is 31.9 Å². The molecule has 428 valence electrons. The standard InChI is InChI=1S/C63H75N7O10S/c1-41(2)36-50(57(74)65-38-55(72)64-6)66-59(76)53-32-20-34-70(53)60(77)52(40-81-35-21-33-56(73)80-62(3,4)5)67-58(75)51(68-61(78)79-39-49-47-30-18-16-28-45(47)46-29-17-19-31-48(46)49)37-54(71)69-63(42-22-10-7-11-23-42,43-24-12-8-13-25-43)44-26-14-9-15-27-44/h7-19,22-31,41,49-53H,20-21,32-40H2,1-6H3,(H,64,72)(H,65,74)(H,66,76)(H,67,75)(H,68,78)(H,69,71)/i1D3,2D3,36D2,41D,50D. The number of nitrogens with one attached hydrogen (secondary N) is 6. The fourth-order valence-electron chi connectivity index (χ4n) is 9.89. The van der Waals surface area contributed by atoms with Crippen LogP contribution in [0.4, 0.5) is 4.79 Å². The van der Waals surface area contributed by atoms with Crippen LogP contribution in [0.25, 0.3) is 11.1 Å². The highest BCUT2D eigenvalue weighted by molar-refractivity contribution is 7.99. The molecular formula is C63H75N7O10S. The van der Waals surface area contributed by atoms with Gasteiger partial charge < -0.3 is 46.3 Å². The van der Waals surface area contributed by atoms with Crippen molar-refractivity contribution in [1.82, 2.24) is 36.8 Å². The monoisotopic (exact) mass is 1130 g/mol. The highest BCUT2D eigenvalue weighted by atomic mass is 32.2. The molecule has 0 radical (unpaired) electrons. The third kappa shape index (κ3) is 16.1. The molecule has 5 aromatic rings. The highest BCUT2D eigenvalue weighted by Crippen LogP contribution is 2.44. The van der Waals surface area contributed by atoms with E-state index in [-0.39, 0.29) is 50.3 Å². The fraction of sp³-hybridized carbons (Fsp3) is 0.397. The van der Waals surface area contributed by atoms with Crippen LogP contribution in [0.1, 0.15) is 120 Å². The number of ether oxygens (including phenoxy) is 2. The summed E-state index contributed by atoms with van der Waals surface area (Å²) in [5, 5.41) is 14.4.